The van der Waals surface area contributed by atoms with E-state index in [1.165, 1.54) is 0 Å². The van der Waals surface area contributed by atoms with Crippen LogP contribution in [0.25, 0.3) is 0 Å². The molecule has 2 fully saturated rings. The molecule has 0 radical (unpaired) electrons. The van der Waals surface area contributed by atoms with E-state index < -0.39 is 9.84 Å². The van der Waals surface area contributed by atoms with Gasteiger partial charge in [0.2, 0.25) is 5.95 Å². The lowest BCUT2D eigenvalue weighted by atomic mass is 9.93. The molecule has 0 bridgehead atoms. The third-order valence-corrected chi connectivity index (χ3v) is 7.66. The van der Waals surface area contributed by atoms with Gasteiger partial charge in [0, 0.05) is 30.4 Å². The minimum absolute atomic E-state index is 0.0341. The second-order valence-corrected chi connectivity index (χ2v) is 9.96. The Morgan fingerprint density at radius 1 is 1.15 bits per heavy atom. The first-order valence-electron chi connectivity index (χ1n) is 9.80. The summed E-state index contributed by atoms with van der Waals surface area (Å²) in [4.78, 5) is 26.0. The van der Waals surface area contributed by atoms with E-state index in [4.69, 9.17) is 5.73 Å². The first kappa shape index (κ1) is 18.6. The maximum Gasteiger partial charge on any atom is 0.273 e. The minimum Gasteiger partial charge on any atom is -0.368 e. The molecule has 2 atom stereocenters. The highest BCUT2D eigenvalue weighted by atomic mass is 32.2. The molecule has 1 aromatic rings. The maximum atomic E-state index is 13.4. The van der Waals surface area contributed by atoms with E-state index in [0.29, 0.717) is 18.8 Å². The van der Waals surface area contributed by atoms with Crippen LogP contribution in [-0.4, -0.2) is 77.3 Å². The van der Waals surface area contributed by atoms with Crippen molar-refractivity contribution >= 4 is 21.7 Å². The Kier molecular flexibility index (Phi) is 4.84. The molecular weight excluding hydrogens is 366 g/mol. The van der Waals surface area contributed by atoms with E-state index in [2.05, 4.69) is 21.8 Å². The van der Waals surface area contributed by atoms with Gasteiger partial charge >= 0.3 is 0 Å². The number of nitrogen functional groups attached to an aromatic ring is 1. The van der Waals surface area contributed by atoms with Crippen molar-refractivity contribution in [3.8, 4) is 0 Å². The van der Waals surface area contributed by atoms with E-state index in [1.807, 2.05) is 0 Å². The fourth-order valence-electron chi connectivity index (χ4n) is 4.77. The highest BCUT2D eigenvalue weighted by Gasteiger charge is 2.48. The molecule has 27 heavy (non-hydrogen) atoms. The molecular formula is C18H27N5O3S. The van der Waals surface area contributed by atoms with Gasteiger partial charge in [-0.1, -0.05) is 6.92 Å². The lowest BCUT2D eigenvalue weighted by Crippen LogP contribution is -2.60. The number of amides is 1. The van der Waals surface area contributed by atoms with Crippen molar-refractivity contribution in [2.24, 2.45) is 0 Å². The van der Waals surface area contributed by atoms with Crippen molar-refractivity contribution in [3.05, 3.63) is 17.0 Å². The standard InChI is InChI=1S/C18H27N5O3S/c1-2-7-22-8-9-23(15-11-27(25,26)10-14(15)22)17(24)16-12-5-3-4-6-13(12)20-18(19)21-16/h14-15H,2-11H2,1H3,(H2,19,20,21)/t14-,15+/m0/s1. The lowest BCUT2D eigenvalue weighted by molar-refractivity contribution is 0.0327. The van der Waals surface area contributed by atoms with Gasteiger partial charge in [0.15, 0.2) is 9.84 Å². The summed E-state index contributed by atoms with van der Waals surface area (Å²) in [6.07, 6.45) is 4.60. The van der Waals surface area contributed by atoms with Crippen molar-refractivity contribution in [1.29, 1.82) is 0 Å². The number of hydrogen-bond acceptors (Lipinski definition) is 7. The van der Waals surface area contributed by atoms with Gasteiger partial charge in [-0.15, -0.1) is 0 Å². The van der Waals surface area contributed by atoms with Crippen molar-refractivity contribution in [2.75, 3.05) is 36.9 Å². The molecule has 0 unspecified atom stereocenters. The quantitative estimate of drug-likeness (QED) is 0.785. The average Bonchev–Trinajstić information content (AvgIpc) is 2.96. The first-order chi connectivity index (χ1) is 12.9. The van der Waals surface area contributed by atoms with E-state index >= 15 is 0 Å². The Labute approximate surface area is 160 Å². The molecule has 1 aromatic heterocycles. The van der Waals surface area contributed by atoms with Gasteiger partial charge in [0.25, 0.3) is 5.91 Å². The summed E-state index contributed by atoms with van der Waals surface area (Å²) in [7, 11) is -3.15. The summed E-state index contributed by atoms with van der Waals surface area (Å²) in [5.41, 5.74) is 8.01. The second kappa shape index (κ2) is 7.01. The molecule has 0 spiro atoms. The molecule has 8 nitrogen and oxygen atoms in total. The van der Waals surface area contributed by atoms with Crippen molar-refractivity contribution in [3.63, 3.8) is 0 Å². The zero-order valence-electron chi connectivity index (χ0n) is 15.7. The number of carbonyl (C=O) groups is 1. The minimum atomic E-state index is -3.15. The number of rotatable bonds is 3. The number of nitrogens with zero attached hydrogens (tertiary/aromatic N) is 4. The van der Waals surface area contributed by atoms with Crippen LogP contribution in [0.5, 0.6) is 0 Å². The largest absolute Gasteiger partial charge is 0.368 e. The van der Waals surface area contributed by atoms with Gasteiger partial charge in [-0.25, -0.2) is 18.4 Å². The molecule has 148 valence electrons. The highest BCUT2D eigenvalue weighted by Crippen LogP contribution is 2.30. The van der Waals surface area contributed by atoms with Crippen molar-refractivity contribution in [2.45, 2.75) is 51.1 Å². The van der Waals surface area contributed by atoms with Crippen molar-refractivity contribution < 1.29 is 13.2 Å². The van der Waals surface area contributed by atoms with E-state index in [-0.39, 0.29) is 35.4 Å². The molecule has 2 saturated heterocycles. The van der Waals surface area contributed by atoms with E-state index in [9.17, 15) is 13.2 Å². The SMILES string of the molecule is CCCN1CCN(C(=O)c2nc(N)nc3c2CCCC3)[C@@H]2CS(=O)(=O)C[C@@H]21. The molecule has 1 amide bonds. The molecule has 0 saturated carbocycles. The van der Waals surface area contributed by atoms with Crippen LogP contribution in [-0.2, 0) is 22.7 Å². The summed E-state index contributed by atoms with van der Waals surface area (Å²) in [6.45, 7) is 4.16. The number of aromatic nitrogens is 2. The molecule has 3 aliphatic rings. The van der Waals surface area contributed by atoms with Gasteiger partial charge in [0.1, 0.15) is 5.69 Å². The smallest absolute Gasteiger partial charge is 0.273 e. The van der Waals surface area contributed by atoms with Crippen LogP contribution in [0.1, 0.15) is 47.9 Å². The fraction of sp³-hybridized carbons (Fsp3) is 0.722. The Morgan fingerprint density at radius 3 is 2.67 bits per heavy atom. The van der Waals surface area contributed by atoms with Gasteiger partial charge in [-0.2, -0.15) is 0 Å². The summed E-state index contributed by atoms with van der Waals surface area (Å²) in [5, 5.41) is 0. The van der Waals surface area contributed by atoms with Crippen molar-refractivity contribution in [1.82, 2.24) is 19.8 Å². The van der Waals surface area contributed by atoms with Crippen LogP contribution in [0, 0.1) is 0 Å². The third kappa shape index (κ3) is 3.42. The zero-order valence-corrected chi connectivity index (χ0v) is 16.5. The summed E-state index contributed by atoms with van der Waals surface area (Å²) < 4.78 is 24.7. The third-order valence-electron chi connectivity index (χ3n) is 5.97. The lowest BCUT2D eigenvalue weighted by Gasteiger charge is -2.44. The van der Waals surface area contributed by atoms with Gasteiger partial charge in [0.05, 0.1) is 17.5 Å². The molecule has 0 aromatic carbocycles. The van der Waals surface area contributed by atoms with E-state index in [1.54, 1.807) is 4.90 Å². The summed E-state index contributed by atoms with van der Waals surface area (Å²) in [6, 6.07) is -0.430. The Bertz CT molecular complexity index is 857. The molecule has 1 aliphatic carbocycles. The number of sulfone groups is 1. The van der Waals surface area contributed by atoms with E-state index in [0.717, 1.165) is 49.9 Å². The van der Waals surface area contributed by atoms with Crippen LogP contribution in [0.15, 0.2) is 0 Å². The maximum absolute atomic E-state index is 13.4. The topological polar surface area (TPSA) is 109 Å². The number of piperazine rings is 1. The number of fused-ring (bicyclic) bond motifs is 2. The number of carbonyl (C=O) groups excluding carboxylic acids is 1. The number of anilines is 1. The predicted octanol–water partition coefficient (Wildman–Crippen LogP) is 0.271. The number of hydrogen-bond donors (Lipinski definition) is 1. The van der Waals surface area contributed by atoms with Crippen LogP contribution < -0.4 is 5.73 Å². The number of nitrogens with two attached hydrogens (primary N) is 1. The second-order valence-electron chi connectivity index (χ2n) is 7.81. The Balaban J connectivity index is 1.67. The summed E-state index contributed by atoms with van der Waals surface area (Å²) >= 11 is 0. The normalized spacial score (nSPS) is 27.2. The molecule has 3 heterocycles. The summed E-state index contributed by atoms with van der Waals surface area (Å²) in [5.74, 6) is 0.0994. The molecule has 4 rings (SSSR count). The fourth-order valence-corrected chi connectivity index (χ4v) is 6.78. The van der Waals surface area contributed by atoms with Gasteiger partial charge in [-0.05, 0) is 38.6 Å². The molecule has 2 aliphatic heterocycles. The first-order valence-corrected chi connectivity index (χ1v) is 11.6. The van der Waals surface area contributed by atoms with Crippen LogP contribution in [0.3, 0.4) is 0 Å². The van der Waals surface area contributed by atoms with Gasteiger partial charge in [-0.3, -0.25) is 9.69 Å². The van der Waals surface area contributed by atoms with Crippen LogP contribution >= 0.6 is 0 Å². The zero-order chi connectivity index (χ0) is 19.2. The Hall–Kier alpha value is -1.74. The average molecular weight is 394 g/mol. The molecule has 9 heteroatoms. The molecule has 2 N–H and O–H groups in total. The Morgan fingerprint density at radius 2 is 1.89 bits per heavy atom. The van der Waals surface area contributed by atoms with Gasteiger partial charge < -0.3 is 10.6 Å². The van der Waals surface area contributed by atoms with Crippen LogP contribution in [0.2, 0.25) is 0 Å². The van der Waals surface area contributed by atoms with Crippen LogP contribution in [0.4, 0.5) is 5.95 Å². The monoisotopic (exact) mass is 393 g/mol. The number of aryl methyl sites for hydroxylation is 1. The highest BCUT2D eigenvalue weighted by molar-refractivity contribution is 7.91. The predicted molar refractivity (Wildman–Crippen MR) is 102 cm³/mol.